The first-order valence-electron chi connectivity index (χ1n) is 6.76. The van der Waals surface area contributed by atoms with Crippen LogP contribution in [0.4, 0.5) is 5.69 Å². The summed E-state index contributed by atoms with van der Waals surface area (Å²) in [5.74, 6) is 0.109. The molecule has 0 aromatic heterocycles. The molecule has 0 radical (unpaired) electrons. The van der Waals surface area contributed by atoms with Gasteiger partial charge < -0.3 is 4.90 Å². The van der Waals surface area contributed by atoms with E-state index in [0.29, 0.717) is 18.5 Å². The van der Waals surface area contributed by atoms with Gasteiger partial charge in [-0.2, -0.15) is 5.26 Å². The fourth-order valence-electron chi connectivity index (χ4n) is 2.64. The van der Waals surface area contributed by atoms with Crippen LogP contribution in [-0.4, -0.2) is 5.91 Å². The molecule has 0 aliphatic carbocycles. The van der Waals surface area contributed by atoms with Gasteiger partial charge in [-0.05, 0) is 41.8 Å². The van der Waals surface area contributed by atoms with Crippen LogP contribution in [0.3, 0.4) is 0 Å². The van der Waals surface area contributed by atoms with Gasteiger partial charge in [-0.1, -0.05) is 34.1 Å². The van der Waals surface area contributed by atoms with Crippen molar-refractivity contribution in [2.75, 3.05) is 4.90 Å². The molecule has 0 fully saturated rings. The first-order valence-corrected chi connectivity index (χ1v) is 7.55. The van der Waals surface area contributed by atoms with Crippen LogP contribution < -0.4 is 4.90 Å². The van der Waals surface area contributed by atoms with E-state index in [4.69, 9.17) is 0 Å². The van der Waals surface area contributed by atoms with Gasteiger partial charge >= 0.3 is 0 Å². The van der Waals surface area contributed by atoms with Gasteiger partial charge in [0, 0.05) is 16.6 Å². The Kier molecular flexibility index (Phi) is 3.76. The Morgan fingerprint density at radius 3 is 2.81 bits per heavy atom. The number of hydrogen-bond donors (Lipinski definition) is 0. The van der Waals surface area contributed by atoms with Gasteiger partial charge in [0.25, 0.3) is 0 Å². The number of rotatable bonds is 2. The third-order valence-electron chi connectivity index (χ3n) is 3.71. The number of halogens is 1. The molecule has 0 unspecified atom stereocenters. The minimum Gasteiger partial charge on any atom is -0.308 e. The van der Waals surface area contributed by atoms with Crippen LogP contribution in [0, 0.1) is 11.3 Å². The Balaban J connectivity index is 1.99. The molecule has 0 N–H and O–H groups in total. The van der Waals surface area contributed by atoms with Gasteiger partial charge in [0.1, 0.15) is 0 Å². The van der Waals surface area contributed by atoms with E-state index in [2.05, 4.69) is 28.1 Å². The highest BCUT2D eigenvalue weighted by Gasteiger charge is 2.24. The third kappa shape index (κ3) is 2.70. The zero-order chi connectivity index (χ0) is 14.8. The summed E-state index contributed by atoms with van der Waals surface area (Å²) in [5, 5.41) is 9.19. The number of anilines is 1. The lowest BCUT2D eigenvalue weighted by molar-refractivity contribution is -0.119. The van der Waals surface area contributed by atoms with E-state index >= 15 is 0 Å². The summed E-state index contributed by atoms with van der Waals surface area (Å²) in [5.41, 5.74) is 3.61. The zero-order valence-electron chi connectivity index (χ0n) is 11.3. The first-order chi connectivity index (χ1) is 10.2. The molecule has 0 spiro atoms. The van der Waals surface area contributed by atoms with Crippen molar-refractivity contribution < 1.29 is 4.79 Å². The van der Waals surface area contributed by atoms with Crippen molar-refractivity contribution in [3.63, 3.8) is 0 Å². The van der Waals surface area contributed by atoms with E-state index in [-0.39, 0.29) is 5.91 Å². The lowest BCUT2D eigenvalue weighted by Gasteiger charge is -2.30. The topological polar surface area (TPSA) is 44.1 Å². The second-order valence-corrected chi connectivity index (χ2v) is 5.94. The molecule has 0 saturated carbocycles. The van der Waals surface area contributed by atoms with Crippen molar-refractivity contribution in [2.45, 2.75) is 19.4 Å². The van der Waals surface area contributed by atoms with E-state index < -0.39 is 0 Å². The number of aryl methyl sites for hydroxylation is 1. The van der Waals surface area contributed by atoms with Crippen molar-refractivity contribution >= 4 is 27.5 Å². The van der Waals surface area contributed by atoms with Gasteiger partial charge in [-0.3, -0.25) is 4.79 Å². The van der Waals surface area contributed by atoms with E-state index in [1.165, 1.54) is 5.56 Å². The number of carbonyl (C=O) groups excluding carboxylic acids is 1. The van der Waals surface area contributed by atoms with Crippen LogP contribution in [0.2, 0.25) is 0 Å². The molecular formula is C17H13BrN2O. The summed E-state index contributed by atoms with van der Waals surface area (Å²) in [6.45, 7) is 0.442. The van der Waals surface area contributed by atoms with Crippen molar-refractivity contribution in [2.24, 2.45) is 0 Å². The molecule has 1 heterocycles. The van der Waals surface area contributed by atoms with Crippen molar-refractivity contribution in [3.8, 4) is 6.07 Å². The highest BCUT2D eigenvalue weighted by Crippen LogP contribution is 2.31. The molecule has 1 amide bonds. The molecule has 1 aliphatic heterocycles. The monoisotopic (exact) mass is 340 g/mol. The predicted octanol–water partition coefficient (Wildman–Crippen LogP) is 3.80. The number of amides is 1. The quantitative estimate of drug-likeness (QED) is 0.834. The lowest BCUT2D eigenvalue weighted by Crippen LogP contribution is -2.34. The van der Waals surface area contributed by atoms with Crippen LogP contribution in [0.1, 0.15) is 23.1 Å². The molecule has 4 heteroatoms. The van der Waals surface area contributed by atoms with Gasteiger partial charge in [-0.15, -0.1) is 0 Å². The van der Waals surface area contributed by atoms with Gasteiger partial charge in [0.2, 0.25) is 5.91 Å². The Hall–Kier alpha value is -2.12. The van der Waals surface area contributed by atoms with Crippen molar-refractivity contribution in [1.82, 2.24) is 0 Å². The van der Waals surface area contributed by atoms with E-state index in [1.807, 2.05) is 30.3 Å². The van der Waals surface area contributed by atoms with Gasteiger partial charge in [0.15, 0.2) is 0 Å². The Morgan fingerprint density at radius 2 is 2.00 bits per heavy atom. The van der Waals surface area contributed by atoms with E-state index in [1.54, 1.807) is 11.0 Å². The summed E-state index contributed by atoms with van der Waals surface area (Å²) < 4.78 is 1.02. The average molecular weight is 341 g/mol. The molecule has 3 nitrogen and oxygen atoms in total. The van der Waals surface area contributed by atoms with Crippen LogP contribution in [-0.2, 0) is 17.8 Å². The maximum Gasteiger partial charge on any atom is 0.227 e. The molecule has 2 aromatic rings. The van der Waals surface area contributed by atoms with Crippen LogP contribution in [0.5, 0.6) is 0 Å². The molecule has 0 atom stereocenters. The normalized spacial score (nSPS) is 13.7. The standard InChI is InChI=1S/C17H13BrN2O/c18-15-6-7-16-12(9-15)5-8-17(21)20(16)11-14-4-2-1-3-13(14)10-19/h1-4,6-7,9H,5,8,11H2. The highest BCUT2D eigenvalue weighted by atomic mass is 79.9. The van der Waals surface area contributed by atoms with Crippen molar-refractivity contribution in [1.29, 1.82) is 5.26 Å². The maximum atomic E-state index is 12.3. The minimum atomic E-state index is 0.109. The number of nitrogens with zero attached hydrogens (tertiary/aromatic N) is 2. The van der Waals surface area contributed by atoms with Crippen LogP contribution >= 0.6 is 15.9 Å². The maximum absolute atomic E-state index is 12.3. The van der Waals surface area contributed by atoms with Gasteiger partial charge in [0.05, 0.1) is 18.2 Å². The summed E-state index contributed by atoms with van der Waals surface area (Å²) >= 11 is 3.47. The van der Waals surface area contributed by atoms with Crippen LogP contribution in [0.25, 0.3) is 0 Å². The number of benzene rings is 2. The zero-order valence-corrected chi connectivity index (χ0v) is 12.9. The molecule has 21 heavy (non-hydrogen) atoms. The number of nitriles is 1. The summed E-state index contributed by atoms with van der Waals surface area (Å²) in [4.78, 5) is 14.1. The van der Waals surface area contributed by atoms with E-state index in [9.17, 15) is 10.1 Å². The number of carbonyl (C=O) groups is 1. The molecule has 3 rings (SSSR count). The first kappa shape index (κ1) is 13.8. The summed E-state index contributed by atoms with van der Waals surface area (Å²) in [6.07, 6.45) is 1.28. The Bertz CT molecular complexity index is 749. The molecule has 0 saturated heterocycles. The number of fused-ring (bicyclic) bond motifs is 1. The third-order valence-corrected chi connectivity index (χ3v) is 4.20. The summed E-state index contributed by atoms with van der Waals surface area (Å²) in [7, 11) is 0. The van der Waals surface area contributed by atoms with Gasteiger partial charge in [-0.25, -0.2) is 0 Å². The largest absolute Gasteiger partial charge is 0.308 e. The lowest BCUT2D eigenvalue weighted by atomic mass is 9.99. The SMILES string of the molecule is N#Cc1ccccc1CN1C(=O)CCc2cc(Br)ccc21. The highest BCUT2D eigenvalue weighted by molar-refractivity contribution is 9.10. The molecule has 1 aliphatic rings. The fourth-order valence-corrected chi connectivity index (χ4v) is 3.05. The minimum absolute atomic E-state index is 0.109. The molecule has 2 aromatic carbocycles. The number of hydrogen-bond acceptors (Lipinski definition) is 2. The predicted molar refractivity (Wildman–Crippen MR) is 84.8 cm³/mol. The fraction of sp³-hybridized carbons (Fsp3) is 0.176. The van der Waals surface area contributed by atoms with Crippen molar-refractivity contribution in [3.05, 3.63) is 63.6 Å². The molecule has 104 valence electrons. The second kappa shape index (κ2) is 5.71. The average Bonchev–Trinajstić information content (AvgIpc) is 2.50. The molecule has 0 bridgehead atoms. The smallest absolute Gasteiger partial charge is 0.227 e. The summed E-state index contributed by atoms with van der Waals surface area (Å²) in [6, 6.07) is 15.6. The Morgan fingerprint density at radius 1 is 1.19 bits per heavy atom. The van der Waals surface area contributed by atoms with Crippen LogP contribution in [0.15, 0.2) is 46.9 Å². The second-order valence-electron chi connectivity index (χ2n) is 5.02. The molecular weight excluding hydrogens is 328 g/mol. The van der Waals surface area contributed by atoms with E-state index in [0.717, 1.165) is 22.1 Å². The Labute approximate surface area is 131 Å².